The second-order valence-electron chi connectivity index (χ2n) is 9.32. The molecule has 2 N–H and O–H groups in total. The third-order valence-corrected chi connectivity index (χ3v) is 5.60. The van der Waals surface area contributed by atoms with Gasteiger partial charge in [-0.05, 0) is 51.2 Å². The summed E-state index contributed by atoms with van der Waals surface area (Å²) < 4.78 is 5.43. The zero-order valence-corrected chi connectivity index (χ0v) is 21.5. The van der Waals surface area contributed by atoms with Gasteiger partial charge in [0, 0.05) is 45.5 Å². The molecule has 1 aromatic heterocycles. The van der Waals surface area contributed by atoms with Crippen molar-refractivity contribution in [1.29, 1.82) is 0 Å². The average Bonchev–Trinajstić information content (AvgIpc) is 2.72. The monoisotopic (exact) mass is 544 g/mol. The van der Waals surface area contributed by atoms with Crippen LogP contribution in [0.5, 0.6) is 0 Å². The third-order valence-electron chi connectivity index (χ3n) is 5.60. The molecule has 3 rings (SSSR count). The topological polar surface area (TPSA) is 87.3 Å². The number of carbonyl (C=O) groups excluding carboxylic acids is 1. The molecule has 174 valence electrons. The normalized spacial score (nSPS) is 18.6. The first kappa shape index (κ1) is 25.5. The van der Waals surface area contributed by atoms with Crippen LogP contribution in [-0.2, 0) is 11.3 Å². The molecule has 2 fully saturated rings. The maximum Gasteiger partial charge on any atom is 0.410 e. The lowest BCUT2D eigenvalue weighted by Gasteiger charge is -2.36. The molecule has 8 nitrogen and oxygen atoms in total. The Morgan fingerprint density at radius 3 is 2.29 bits per heavy atom. The number of aliphatic imine (C=N–C) groups is 1. The van der Waals surface area contributed by atoms with E-state index in [1.165, 1.54) is 12.8 Å². The van der Waals surface area contributed by atoms with Gasteiger partial charge in [-0.25, -0.2) is 14.8 Å². The van der Waals surface area contributed by atoms with Crippen LogP contribution in [0.25, 0.3) is 0 Å². The Hall–Kier alpha value is -1.78. The van der Waals surface area contributed by atoms with Crippen LogP contribution >= 0.6 is 24.0 Å². The van der Waals surface area contributed by atoms with Crippen molar-refractivity contribution >= 4 is 41.8 Å². The number of amides is 1. The molecule has 1 aromatic rings. The zero-order chi connectivity index (χ0) is 21.7. The van der Waals surface area contributed by atoms with Gasteiger partial charge < -0.3 is 25.2 Å². The van der Waals surface area contributed by atoms with Gasteiger partial charge in [0.05, 0.1) is 6.54 Å². The first-order chi connectivity index (χ1) is 14.2. The fourth-order valence-corrected chi connectivity index (χ4v) is 3.65. The van der Waals surface area contributed by atoms with Crippen molar-refractivity contribution in [1.82, 2.24) is 14.8 Å². The number of nitrogens with two attached hydrogens (primary N) is 1. The predicted molar refractivity (Wildman–Crippen MR) is 135 cm³/mol. The number of aromatic nitrogens is 1. The van der Waals surface area contributed by atoms with Crippen molar-refractivity contribution in [2.45, 2.75) is 52.7 Å². The summed E-state index contributed by atoms with van der Waals surface area (Å²) in [6.45, 7) is 13.1. The van der Waals surface area contributed by atoms with Gasteiger partial charge in [0.15, 0.2) is 5.96 Å². The van der Waals surface area contributed by atoms with Crippen LogP contribution in [0.2, 0.25) is 0 Å². The predicted octanol–water partition coefficient (Wildman–Crippen LogP) is 3.30. The van der Waals surface area contributed by atoms with Crippen molar-refractivity contribution in [2.24, 2.45) is 16.6 Å². The first-order valence-electron chi connectivity index (χ1n) is 10.9. The number of anilines is 1. The maximum absolute atomic E-state index is 12.2. The Bertz CT molecular complexity index is 733. The van der Waals surface area contributed by atoms with Gasteiger partial charge in [-0.3, -0.25) is 0 Å². The molecule has 1 amide bonds. The quantitative estimate of drug-likeness (QED) is 0.357. The Balaban J connectivity index is 0.00000341. The largest absolute Gasteiger partial charge is 0.444 e. The molecule has 2 saturated heterocycles. The van der Waals surface area contributed by atoms with Crippen molar-refractivity contribution in [3.63, 3.8) is 0 Å². The highest BCUT2D eigenvalue weighted by molar-refractivity contribution is 14.0. The molecule has 0 spiro atoms. The van der Waals surface area contributed by atoms with Gasteiger partial charge >= 0.3 is 6.09 Å². The molecular weight excluding hydrogens is 507 g/mol. The number of pyridine rings is 1. The Morgan fingerprint density at radius 1 is 1.13 bits per heavy atom. The number of carbonyl (C=O) groups is 1. The SMILES string of the molecule is CC1CCN(c2ccc(CN=C(N)N3CCN(C(=O)OC(C)(C)C)CC3)cn2)CC1.I. The number of nitrogens with zero attached hydrogens (tertiary/aromatic N) is 5. The summed E-state index contributed by atoms with van der Waals surface area (Å²) in [7, 11) is 0. The van der Waals surface area contributed by atoms with Gasteiger partial charge in [-0.15, -0.1) is 24.0 Å². The molecule has 0 unspecified atom stereocenters. The Kier molecular flexibility index (Phi) is 9.20. The van der Waals surface area contributed by atoms with Crippen LogP contribution in [0.3, 0.4) is 0 Å². The smallest absolute Gasteiger partial charge is 0.410 e. The summed E-state index contributed by atoms with van der Waals surface area (Å²) in [5.41, 5.74) is 6.75. The Morgan fingerprint density at radius 2 is 1.74 bits per heavy atom. The van der Waals surface area contributed by atoms with Crippen molar-refractivity contribution < 1.29 is 9.53 Å². The fraction of sp³-hybridized carbons (Fsp3) is 0.682. The average molecular weight is 544 g/mol. The van der Waals surface area contributed by atoms with E-state index in [0.29, 0.717) is 38.7 Å². The highest BCUT2D eigenvalue weighted by atomic mass is 127. The lowest BCUT2D eigenvalue weighted by Crippen LogP contribution is -2.53. The number of rotatable bonds is 3. The summed E-state index contributed by atoms with van der Waals surface area (Å²) in [6.07, 6.45) is 4.08. The molecule has 2 aliphatic heterocycles. The molecule has 9 heteroatoms. The van der Waals surface area contributed by atoms with Crippen LogP contribution < -0.4 is 10.6 Å². The van der Waals surface area contributed by atoms with Crippen LogP contribution in [0.1, 0.15) is 46.1 Å². The highest BCUT2D eigenvalue weighted by Crippen LogP contribution is 2.21. The van der Waals surface area contributed by atoms with E-state index in [9.17, 15) is 4.79 Å². The van der Waals surface area contributed by atoms with Crippen LogP contribution in [0.4, 0.5) is 10.6 Å². The third kappa shape index (κ3) is 7.69. The molecule has 3 heterocycles. The molecule has 31 heavy (non-hydrogen) atoms. The van der Waals surface area contributed by atoms with Crippen LogP contribution in [0.15, 0.2) is 23.3 Å². The van der Waals surface area contributed by atoms with E-state index in [1.54, 1.807) is 4.90 Å². The standard InChI is InChI=1S/C22H36N6O2.HI/c1-17-7-9-26(10-8-17)19-6-5-18(15-24-19)16-25-20(23)27-11-13-28(14-12-27)21(29)30-22(2,3)4;/h5-6,15,17H,7-14,16H2,1-4H3,(H2,23,25);1H. The van der Waals surface area contributed by atoms with Gasteiger partial charge in [-0.1, -0.05) is 13.0 Å². The molecule has 0 saturated carbocycles. The number of piperazine rings is 1. The number of halogens is 1. The van der Waals surface area contributed by atoms with E-state index in [2.05, 4.69) is 33.9 Å². The summed E-state index contributed by atoms with van der Waals surface area (Å²) in [5, 5.41) is 0. The van der Waals surface area contributed by atoms with E-state index in [-0.39, 0.29) is 30.1 Å². The van der Waals surface area contributed by atoms with E-state index in [4.69, 9.17) is 10.5 Å². The minimum absolute atomic E-state index is 0. The number of hydrogen-bond acceptors (Lipinski definition) is 5. The van der Waals surface area contributed by atoms with Crippen molar-refractivity contribution in [3.05, 3.63) is 23.9 Å². The van der Waals surface area contributed by atoms with Crippen molar-refractivity contribution in [2.75, 3.05) is 44.2 Å². The summed E-state index contributed by atoms with van der Waals surface area (Å²) in [4.78, 5) is 27.4. The number of piperidine rings is 1. The lowest BCUT2D eigenvalue weighted by atomic mass is 9.99. The molecule has 0 radical (unpaired) electrons. The van der Waals surface area contributed by atoms with Gasteiger partial charge in [0.2, 0.25) is 0 Å². The van der Waals surface area contributed by atoms with E-state index < -0.39 is 5.60 Å². The number of ether oxygens (including phenoxy) is 1. The molecule has 0 aromatic carbocycles. The lowest BCUT2D eigenvalue weighted by molar-refractivity contribution is 0.0186. The van der Waals surface area contributed by atoms with E-state index in [1.807, 2.05) is 31.9 Å². The summed E-state index contributed by atoms with van der Waals surface area (Å²) in [5.74, 6) is 2.36. The zero-order valence-electron chi connectivity index (χ0n) is 19.2. The number of hydrogen-bond donors (Lipinski definition) is 1. The second-order valence-corrected chi connectivity index (χ2v) is 9.32. The fourth-order valence-electron chi connectivity index (χ4n) is 3.65. The first-order valence-corrected chi connectivity index (χ1v) is 10.9. The Labute approximate surface area is 203 Å². The summed E-state index contributed by atoms with van der Waals surface area (Å²) >= 11 is 0. The number of guanidine groups is 1. The van der Waals surface area contributed by atoms with Gasteiger partial charge in [-0.2, -0.15) is 0 Å². The van der Waals surface area contributed by atoms with E-state index in [0.717, 1.165) is 30.4 Å². The van der Waals surface area contributed by atoms with E-state index >= 15 is 0 Å². The molecule has 0 atom stereocenters. The second kappa shape index (κ2) is 11.2. The van der Waals surface area contributed by atoms with Crippen molar-refractivity contribution in [3.8, 4) is 0 Å². The molecular formula is C22H37IN6O2. The molecule has 0 bridgehead atoms. The molecule has 2 aliphatic rings. The summed E-state index contributed by atoms with van der Waals surface area (Å²) in [6, 6.07) is 4.16. The maximum atomic E-state index is 12.2. The molecule has 0 aliphatic carbocycles. The van der Waals surface area contributed by atoms with Crippen LogP contribution in [-0.4, -0.2) is 71.7 Å². The van der Waals surface area contributed by atoms with Gasteiger partial charge in [0.1, 0.15) is 11.4 Å². The van der Waals surface area contributed by atoms with Crippen LogP contribution in [0, 0.1) is 5.92 Å². The minimum atomic E-state index is -0.481. The highest BCUT2D eigenvalue weighted by Gasteiger charge is 2.26. The van der Waals surface area contributed by atoms with Gasteiger partial charge in [0.25, 0.3) is 0 Å². The minimum Gasteiger partial charge on any atom is -0.444 e.